The highest BCUT2D eigenvalue weighted by molar-refractivity contribution is 7.22. The number of amides is 1. The van der Waals surface area contributed by atoms with Crippen molar-refractivity contribution in [2.24, 2.45) is 0 Å². The van der Waals surface area contributed by atoms with E-state index in [-0.39, 0.29) is 19.1 Å². The van der Waals surface area contributed by atoms with Crippen molar-refractivity contribution in [1.29, 1.82) is 0 Å². The molecule has 1 aromatic heterocycles. The molecule has 2 aromatic carbocycles. The van der Waals surface area contributed by atoms with Crippen LogP contribution in [-0.2, 0) is 4.79 Å². The number of para-hydroxylation sites is 2. The first-order chi connectivity index (χ1) is 11.3. The molecule has 2 N–H and O–H groups in total. The van der Waals surface area contributed by atoms with Crippen LogP contribution in [0, 0.1) is 0 Å². The SMILES string of the molecule is O=C(CN(CCO)c1ccccc1)Nc1nc2ccccc2s1. The quantitative estimate of drug-likeness (QED) is 0.731. The second-order valence-corrected chi connectivity index (χ2v) is 6.05. The lowest BCUT2D eigenvalue weighted by atomic mass is 10.3. The Morgan fingerprint density at radius 3 is 2.61 bits per heavy atom. The van der Waals surface area contributed by atoms with Gasteiger partial charge in [0.15, 0.2) is 5.13 Å². The van der Waals surface area contributed by atoms with Crippen molar-refractivity contribution in [3.8, 4) is 0 Å². The van der Waals surface area contributed by atoms with Crippen LogP contribution in [0.3, 0.4) is 0 Å². The highest BCUT2D eigenvalue weighted by atomic mass is 32.1. The van der Waals surface area contributed by atoms with E-state index in [1.54, 1.807) is 0 Å². The molecule has 0 bridgehead atoms. The minimum absolute atomic E-state index is 0.0106. The van der Waals surface area contributed by atoms with Gasteiger partial charge in [0.1, 0.15) is 0 Å². The van der Waals surface area contributed by atoms with Crippen LogP contribution in [0.15, 0.2) is 54.6 Å². The second kappa shape index (κ2) is 7.21. The molecule has 1 heterocycles. The van der Waals surface area contributed by atoms with E-state index in [1.807, 2.05) is 59.5 Å². The zero-order chi connectivity index (χ0) is 16.1. The molecule has 5 nitrogen and oxygen atoms in total. The molecular weight excluding hydrogens is 310 g/mol. The van der Waals surface area contributed by atoms with E-state index in [0.29, 0.717) is 11.7 Å². The van der Waals surface area contributed by atoms with Crippen molar-refractivity contribution in [3.63, 3.8) is 0 Å². The Hall–Kier alpha value is -2.44. The number of hydrogen-bond donors (Lipinski definition) is 2. The van der Waals surface area contributed by atoms with Crippen molar-refractivity contribution >= 4 is 38.3 Å². The molecule has 23 heavy (non-hydrogen) atoms. The number of benzene rings is 2. The van der Waals surface area contributed by atoms with E-state index < -0.39 is 0 Å². The maximum absolute atomic E-state index is 12.3. The van der Waals surface area contributed by atoms with Crippen molar-refractivity contribution in [2.45, 2.75) is 0 Å². The average Bonchev–Trinajstić information content (AvgIpc) is 2.97. The molecule has 0 aliphatic carbocycles. The van der Waals surface area contributed by atoms with Gasteiger partial charge in [0.05, 0.1) is 23.4 Å². The van der Waals surface area contributed by atoms with Crippen molar-refractivity contribution in [3.05, 3.63) is 54.6 Å². The Labute approximate surface area is 138 Å². The summed E-state index contributed by atoms with van der Waals surface area (Å²) in [6.07, 6.45) is 0. The number of aliphatic hydroxyl groups excluding tert-OH is 1. The fourth-order valence-corrected chi connectivity index (χ4v) is 3.20. The van der Waals surface area contributed by atoms with E-state index in [0.717, 1.165) is 15.9 Å². The lowest BCUT2D eigenvalue weighted by molar-refractivity contribution is -0.115. The summed E-state index contributed by atoms with van der Waals surface area (Å²) >= 11 is 1.45. The number of nitrogens with one attached hydrogen (secondary N) is 1. The lowest BCUT2D eigenvalue weighted by Crippen LogP contribution is -2.35. The number of carbonyl (C=O) groups is 1. The number of hydrogen-bond acceptors (Lipinski definition) is 5. The summed E-state index contributed by atoms with van der Waals surface area (Å²) in [6, 6.07) is 17.3. The summed E-state index contributed by atoms with van der Waals surface area (Å²) in [5.74, 6) is -0.152. The van der Waals surface area contributed by atoms with E-state index in [4.69, 9.17) is 0 Å². The monoisotopic (exact) mass is 327 g/mol. The molecule has 0 saturated carbocycles. The Bertz CT molecular complexity index is 756. The lowest BCUT2D eigenvalue weighted by Gasteiger charge is -2.22. The number of thiazole rings is 1. The first kappa shape index (κ1) is 15.5. The smallest absolute Gasteiger partial charge is 0.245 e. The zero-order valence-corrected chi connectivity index (χ0v) is 13.3. The summed E-state index contributed by atoms with van der Waals surface area (Å²) in [7, 11) is 0. The second-order valence-electron chi connectivity index (χ2n) is 5.02. The Balaban J connectivity index is 1.69. The molecular formula is C17H17N3O2S. The molecule has 0 radical (unpaired) electrons. The van der Waals surface area contributed by atoms with E-state index in [2.05, 4.69) is 10.3 Å². The van der Waals surface area contributed by atoms with Gasteiger partial charge in [-0.25, -0.2) is 4.98 Å². The highest BCUT2D eigenvalue weighted by Crippen LogP contribution is 2.25. The van der Waals surface area contributed by atoms with Gasteiger partial charge in [0, 0.05) is 12.2 Å². The molecule has 3 rings (SSSR count). The van der Waals surface area contributed by atoms with Gasteiger partial charge in [-0.15, -0.1) is 0 Å². The molecule has 3 aromatic rings. The molecule has 0 aliphatic heterocycles. The number of rotatable bonds is 6. The van der Waals surface area contributed by atoms with Crippen LogP contribution in [0.2, 0.25) is 0 Å². The van der Waals surface area contributed by atoms with Crippen LogP contribution >= 0.6 is 11.3 Å². The Kier molecular flexibility index (Phi) is 4.85. The maximum Gasteiger partial charge on any atom is 0.245 e. The number of carbonyl (C=O) groups excluding carboxylic acids is 1. The summed E-state index contributed by atoms with van der Waals surface area (Å²) in [5.41, 5.74) is 1.78. The predicted octanol–water partition coefficient (Wildman–Crippen LogP) is 2.73. The van der Waals surface area contributed by atoms with Crippen LogP contribution in [0.4, 0.5) is 10.8 Å². The summed E-state index contributed by atoms with van der Waals surface area (Å²) in [6.45, 7) is 0.557. The first-order valence-electron chi connectivity index (χ1n) is 7.32. The van der Waals surface area contributed by atoms with Gasteiger partial charge in [-0.2, -0.15) is 0 Å². The topological polar surface area (TPSA) is 65.5 Å². The van der Waals surface area contributed by atoms with Gasteiger partial charge in [0.25, 0.3) is 0 Å². The van der Waals surface area contributed by atoms with Gasteiger partial charge in [-0.3, -0.25) is 4.79 Å². The van der Waals surface area contributed by atoms with Crippen molar-refractivity contribution < 1.29 is 9.90 Å². The minimum Gasteiger partial charge on any atom is -0.395 e. The molecule has 6 heteroatoms. The fourth-order valence-electron chi connectivity index (χ4n) is 2.32. The van der Waals surface area contributed by atoms with E-state index in [9.17, 15) is 9.90 Å². The summed E-state index contributed by atoms with van der Waals surface area (Å²) in [4.78, 5) is 18.5. The number of anilines is 2. The van der Waals surface area contributed by atoms with Gasteiger partial charge >= 0.3 is 0 Å². The Morgan fingerprint density at radius 1 is 1.13 bits per heavy atom. The number of nitrogens with zero attached hydrogens (tertiary/aromatic N) is 2. The third-order valence-electron chi connectivity index (χ3n) is 3.37. The van der Waals surface area contributed by atoms with Gasteiger partial charge < -0.3 is 15.3 Å². The number of aliphatic hydroxyl groups is 1. The molecule has 0 aliphatic rings. The van der Waals surface area contributed by atoms with E-state index in [1.165, 1.54) is 11.3 Å². The molecule has 0 unspecified atom stereocenters. The van der Waals surface area contributed by atoms with Crippen molar-refractivity contribution in [2.75, 3.05) is 29.9 Å². The molecule has 118 valence electrons. The first-order valence-corrected chi connectivity index (χ1v) is 8.14. The van der Waals surface area contributed by atoms with Gasteiger partial charge in [-0.05, 0) is 24.3 Å². The third-order valence-corrected chi connectivity index (χ3v) is 4.32. The number of fused-ring (bicyclic) bond motifs is 1. The highest BCUT2D eigenvalue weighted by Gasteiger charge is 2.13. The number of aromatic nitrogens is 1. The predicted molar refractivity (Wildman–Crippen MR) is 94.0 cm³/mol. The summed E-state index contributed by atoms with van der Waals surface area (Å²) < 4.78 is 1.04. The Morgan fingerprint density at radius 2 is 1.87 bits per heavy atom. The molecule has 0 atom stereocenters. The third kappa shape index (κ3) is 3.85. The van der Waals surface area contributed by atoms with Crippen LogP contribution in [0.25, 0.3) is 10.2 Å². The zero-order valence-electron chi connectivity index (χ0n) is 12.5. The fraction of sp³-hybridized carbons (Fsp3) is 0.176. The van der Waals surface area contributed by atoms with Crippen LogP contribution in [0.5, 0.6) is 0 Å². The molecule has 0 fully saturated rings. The van der Waals surface area contributed by atoms with E-state index >= 15 is 0 Å². The largest absolute Gasteiger partial charge is 0.395 e. The molecule has 0 spiro atoms. The van der Waals surface area contributed by atoms with Gasteiger partial charge in [-0.1, -0.05) is 41.7 Å². The van der Waals surface area contributed by atoms with Gasteiger partial charge in [0.2, 0.25) is 5.91 Å². The molecule has 0 saturated heterocycles. The van der Waals surface area contributed by atoms with Crippen LogP contribution in [0.1, 0.15) is 0 Å². The summed E-state index contributed by atoms with van der Waals surface area (Å²) in [5, 5.41) is 12.6. The minimum atomic E-state index is -0.152. The normalized spacial score (nSPS) is 10.7. The van der Waals surface area contributed by atoms with Crippen molar-refractivity contribution in [1.82, 2.24) is 4.98 Å². The average molecular weight is 327 g/mol. The maximum atomic E-state index is 12.3. The standard InChI is InChI=1S/C17H17N3O2S/c21-11-10-20(13-6-2-1-3-7-13)12-16(22)19-17-18-14-8-4-5-9-15(14)23-17/h1-9,21H,10-12H2,(H,18,19,22). The molecule has 1 amide bonds. The van der Waals surface area contributed by atoms with Crippen LogP contribution < -0.4 is 10.2 Å². The van der Waals surface area contributed by atoms with Crippen LogP contribution in [-0.4, -0.2) is 35.7 Å².